The minimum Gasteiger partial charge on any atom is -0.370 e. The number of aromatic nitrogens is 1. The van der Waals surface area contributed by atoms with Gasteiger partial charge in [-0.15, -0.1) is 0 Å². The molecular formula is C18H23N3O3. The van der Waals surface area contributed by atoms with Gasteiger partial charge in [0.15, 0.2) is 0 Å². The number of nitrogens with zero attached hydrogens (tertiary/aromatic N) is 2. The van der Waals surface area contributed by atoms with E-state index < -0.39 is 0 Å². The van der Waals surface area contributed by atoms with Crippen LogP contribution in [-0.2, 0) is 9.53 Å². The second-order valence-electron chi connectivity index (χ2n) is 6.78. The average molecular weight is 329 g/mol. The molecule has 3 rings (SSSR count). The zero-order chi connectivity index (χ0) is 17.2. The van der Waals surface area contributed by atoms with Crippen molar-refractivity contribution < 1.29 is 14.1 Å². The standard InChI is InChI=1S/C18H23N3O3/c1-13-9-17(24-20-13)19-16(22)11-21-10-15(23-12-18(21,2)3)14-7-5-4-6-8-14/h4-9,15H,10-12H2,1-3H3,(H,19,22). The van der Waals surface area contributed by atoms with E-state index in [0.29, 0.717) is 19.0 Å². The van der Waals surface area contributed by atoms with Crippen LogP contribution >= 0.6 is 0 Å². The molecule has 6 heteroatoms. The van der Waals surface area contributed by atoms with Gasteiger partial charge in [0.1, 0.15) is 0 Å². The van der Waals surface area contributed by atoms with Crippen molar-refractivity contribution in [1.82, 2.24) is 10.1 Å². The summed E-state index contributed by atoms with van der Waals surface area (Å²) < 4.78 is 11.1. The van der Waals surface area contributed by atoms with E-state index in [4.69, 9.17) is 9.26 Å². The maximum Gasteiger partial charge on any atom is 0.240 e. The number of hydrogen-bond acceptors (Lipinski definition) is 5. The van der Waals surface area contributed by atoms with Crippen LogP contribution in [0.3, 0.4) is 0 Å². The molecule has 128 valence electrons. The van der Waals surface area contributed by atoms with Gasteiger partial charge in [-0.25, -0.2) is 0 Å². The minimum absolute atomic E-state index is 0.0282. The van der Waals surface area contributed by atoms with Crippen LogP contribution in [0.15, 0.2) is 40.9 Å². The van der Waals surface area contributed by atoms with Crippen molar-refractivity contribution in [3.63, 3.8) is 0 Å². The van der Waals surface area contributed by atoms with E-state index in [9.17, 15) is 4.79 Å². The maximum absolute atomic E-state index is 12.3. The number of anilines is 1. The van der Waals surface area contributed by atoms with Gasteiger partial charge in [0.25, 0.3) is 0 Å². The van der Waals surface area contributed by atoms with Crippen molar-refractivity contribution in [2.24, 2.45) is 0 Å². The summed E-state index contributed by atoms with van der Waals surface area (Å²) in [6.07, 6.45) is -0.0282. The molecule has 2 aromatic rings. The SMILES string of the molecule is Cc1cc(NC(=O)CN2CC(c3ccccc3)OCC2(C)C)on1. The summed E-state index contributed by atoms with van der Waals surface area (Å²) in [5.41, 5.74) is 1.66. The topological polar surface area (TPSA) is 67.6 Å². The van der Waals surface area contributed by atoms with Crippen LogP contribution in [0.1, 0.15) is 31.2 Å². The lowest BCUT2D eigenvalue weighted by molar-refractivity contribution is -0.129. The lowest BCUT2D eigenvalue weighted by atomic mass is 9.98. The average Bonchev–Trinajstić information content (AvgIpc) is 2.95. The molecular weight excluding hydrogens is 306 g/mol. The zero-order valence-electron chi connectivity index (χ0n) is 14.3. The lowest BCUT2D eigenvalue weighted by Crippen LogP contribution is -2.55. The Bertz CT molecular complexity index is 697. The van der Waals surface area contributed by atoms with Gasteiger partial charge in [0.2, 0.25) is 11.8 Å². The molecule has 1 aromatic carbocycles. The first-order chi connectivity index (χ1) is 11.4. The molecule has 1 unspecified atom stereocenters. The summed E-state index contributed by atoms with van der Waals surface area (Å²) in [5.74, 6) is 0.260. The molecule has 1 N–H and O–H groups in total. The number of benzene rings is 1. The highest BCUT2D eigenvalue weighted by atomic mass is 16.5. The van der Waals surface area contributed by atoms with Gasteiger partial charge in [-0.05, 0) is 26.3 Å². The Morgan fingerprint density at radius 3 is 2.79 bits per heavy atom. The molecule has 1 aliphatic heterocycles. The van der Waals surface area contributed by atoms with Gasteiger partial charge < -0.3 is 9.26 Å². The van der Waals surface area contributed by atoms with E-state index in [2.05, 4.69) is 41.4 Å². The highest BCUT2D eigenvalue weighted by molar-refractivity contribution is 5.91. The monoisotopic (exact) mass is 329 g/mol. The number of nitrogens with one attached hydrogen (secondary N) is 1. The van der Waals surface area contributed by atoms with Crippen LogP contribution in [-0.4, -0.2) is 41.2 Å². The molecule has 1 saturated heterocycles. The van der Waals surface area contributed by atoms with Crippen LogP contribution in [0.2, 0.25) is 0 Å². The first-order valence-electron chi connectivity index (χ1n) is 8.09. The molecule has 0 aliphatic carbocycles. The predicted molar refractivity (Wildman–Crippen MR) is 90.7 cm³/mol. The number of carbonyl (C=O) groups excluding carboxylic acids is 1. The summed E-state index contributed by atoms with van der Waals surface area (Å²) >= 11 is 0. The number of morpholine rings is 1. The van der Waals surface area contributed by atoms with Crippen LogP contribution in [0, 0.1) is 6.92 Å². The second kappa shape index (κ2) is 6.75. The normalized spacial score (nSPS) is 20.7. The van der Waals surface area contributed by atoms with Crippen molar-refractivity contribution >= 4 is 11.8 Å². The van der Waals surface area contributed by atoms with Crippen molar-refractivity contribution in [2.45, 2.75) is 32.4 Å². The number of rotatable bonds is 4. The molecule has 0 saturated carbocycles. The third-order valence-corrected chi connectivity index (χ3v) is 4.28. The quantitative estimate of drug-likeness (QED) is 0.934. The third kappa shape index (κ3) is 3.83. The first-order valence-corrected chi connectivity index (χ1v) is 8.09. The largest absolute Gasteiger partial charge is 0.370 e. The van der Waals surface area contributed by atoms with Gasteiger partial charge in [-0.2, -0.15) is 0 Å². The summed E-state index contributed by atoms with van der Waals surface area (Å²) in [6, 6.07) is 11.8. The van der Waals surface area contributed by atoms with E-state index in [0.717, 1.165) is 11.3 Å². The van der Waals surface area contributed by atoms with Gasteiger partial charge in [0, 0.05) is 18.2 Å². The molecule has 0 radical (unpaired) electrons. The Kier molecular flexibility index (Phi) is 4.69. The van der Waals surface area contributed by atoms with E-state index >= 15 is 0 Å². The van der Waals surface area contributed by atoms with Crippen molar-refractivity contribution in [2.75, 3.05) is 25.0 Å². The molecule has 2 heterocycles. The summed E-state index contributed by atoms with van der Waals surface area (Å²) in [5, 5.41) is 6.53. The number of amides is 1. The van der Waals surface area contributed by atoms with Crippen LogP contribution in [0.5, 0.6) is 0 Å². The fourth-order valence-corrected chi connectivity index (χ4v) is 2.82. The Hall–Kier alpha value is -2.18. The maximum atomic E-state index is 12.3. The number of ether oxygens (including phenoxy) is 1. The van der Waals surface area contributed by atoms with Crippen LogP contribution in [0.4, 0.5) is 5.88 Å². The summed E-state index contributed by atoms with van der Waals surface area (Å²) in [7, 11) is 0. The molecule has 1 fully saturated rings. The Labute approximate surface area is 141 Å². The van der Waals surface area contributed by atoms with E-state index in [1.54, 1.807) is 6.07 Å². The predicted octanol–water partition coefficient (Wildman–Crippen LogP) is 2.77. The molecule has 24 heavy (non-hydrogen) atoms. The van der Waals surface area contributed by atoms with E-state index in [1.165, 1.54) is 0 Å². The zero-order valence-corrected chi connectivity index (χ0v) is 14.3. The number of aryl methyl sites for hydroxylation is 1. The molecule has 0 bridgehead atoms. The van der Waals surface area contributed by atoms with Gasteiger partial charge in [-0.1, -0.05) is 35.5 Å². The van der Waals surface area contributed by atoms with Crippen LogP contribution in [0.25, 0.3) is 0 Å². The fourth-order valence-electron chi connectivity index (χ4n) is 2.82. The second-order valence-corrected chi connectivity index (χ2v) is 6.78. The molecule has 1 aliphatic rings. The Balaban J connectivity index is 1.66. The van der Waals surface area contributed by atoms with Gasteiger partial charge >= 0.3 is 0 Å². The third-order valence-electron chi connectivity index (χ3n) is 4.28. The number of carbonyl (C=O) groups is 1. The van der Waals surface area contributed by atoms with Crippen molar-refractivity contribution in [3.8, 4) is 0 Å². The van der Waals surface area contributed by atoms with E-state index in [-0.39, 0.29) is 24.1 Å². The Morgan fingerprint density at radius 1 is 1.38 bits per heavy atom. The minimum atomic E-state index is -0.208. The number of hydrogen-bond donors (Lipinski definition) is 1. The highest BCUT2D eigenvalue weighted by Crippen LogP contribution is 2.30. The van der Waals surface area contributed by atoms with Crippen LogP contribution < -0.4 is 5.32 Å². The molecule has 1 atom stereocenters. The lowest BCUT2D eigenvalue weighted by Gasteiger charge is -2.45. The molecule has 1 aromatic heterocycles. The molecule has 6 nitrogen and oxygen atoms in total. The van der Waals surface area contributed by atoms with Crippen molar-refractivity contribution in [3.05, 3.63) is 47.7 Å². The van der Waals surface area contributed by atoms with Crippen molar-refractivity contribution in [1.29, 1.82) is 0 Å². The first kappa shape index (κ1) is 16.7. The Morgan fingerprint density at radius 2 is 2.12 bits per heavy atom. The molecule has 1 amide bonds. The fraction of sp³-hybridized carbons (Fsp3) is 0.444. The smallest absolute Gasteiger partial charge is 0.240 e. The summed E-state index contributed by atoms with van der Waals surface area (Å²) in [4.78, 5) is 14.5. The van der Waals surface area contributed by atoms with Gasteiger partial charge in [0.05, 0.1) is 24.9 Å². The highest BCUT2D eigenvalue weighted by Gasteiger charge is 2.36. The van der Waals surface area contributed by atoms with E-state index in [1.807, 2.05) is 25.1 Å². The summed E-state index contributed by atoms with van der Waals surface area (Å²) in [6.45, 7) is 7.50. The molecule has 0 spiro atoms. The van der Waals surface area contributed by atoms with Gasteiger partial charge in [-0.3, -0.25) is 15.0 Å².